The molecule has 0 radical (unpaired) electrons. The Bertz CT molecular complexity index is 1020. The van der Waals surface area contributed by atoms with Gasteiger partial charge in [0.05, 0.1) is 37.4 Å². The first-order valence-electron chi connectivity index (χ1n) is 13.7. The lowest BCUT2D eigenvalue weighted by atomic mass is 9.73. The quantitative estimate of drug-likeness (QED) is 0.353. The van der Waals surface area contributed by atoms with Crippen molar-refractivity contribution in [2.75, 3.05) is 14.2 Å². The van der Waals surface area contributed by atoms with Gasteiger partial charge in [-0.15, -0.1) is 0 Å². The number of rotatable bonds is 6. The number of ether oxygens (including phenoxy) is 2. The molecule has 2 aliphatic carbocycles. The van der Waals surface area contributed by atoms with Crippen molar-refractivity contribution in [2.24, 2.45) is 23.7 Å². The molecule has 10 heteroatoms. The van der Waals surface area contributed by atoms with Crippen molar-refractivity contribution in [2.45, 2.75) is 76.4 Å². The van der Waals surface area contributed by atoms with Crippen LogP contribution in [0.15, 0.2) is 45.6 Å². The SMILES string of the molecule is COC(=O)C1CCC([C@@](C)(O)c2ccc(Br)cn2)CC1.COC(=O)C1CCC([C@](C)(O)c2ccc(Br)cn2)CC1. The molecule has 0 aromatic carbocycles. The second-order valence-electron chi connectivity index (χ2n) is 11.2. The third-order valence-electron chi connectivity index (χ3n) is 8.61. The molecule has 0 spiro atoms. The highest BCUT2D eigenvalue weighted by Crippen LogP contribution is 2.42. The van der Waals surface area contributed by atoms with Gasteiger partial charge in [-0.25, -0.2) is 0 Å². The van der Waals surface area contributed by atoms with E-state index in [1.165, 1.54) is 14.2 Å². The molecule has 0 aliphatic heterocycles. The van der Waals surface area contributed by atoms with Gasteiger partial charge >= 0.3 is 11.9 Å². The summed E-state index contributed by atoms with van der Waals surface area (Å²) in [6.07, 6.45) is 9.71. The van der Waals surface area contributed by atoms with Crippen LogP contribution >= 0.6 is 31.9 Å². The Balaban J connectivity index is 0.000000220. The van der Waals surface area contributed by atoms with E-state index in [0.717, 1.165) is 60.3 Å². The molecule has 2 N–H and O–H groups in total. The second kappa shape index (κ2) is 14.3. The number of carbonyl (C=O) groups excluding carboxylic acids is 2. The molecule has 0 amide bonds. The van der Waals surface area contributed by atoms with E-state index in [1.807, 2.05) is 38.1 Å². The monoisotopic (exact) mass is 682 g/mol. The molecule has 2 aromatic rings. The Morgan fingerprint density at radius 1 is 0.700 bits per heavy atom. The van der Waals surface area contributed by atoms with Gasteiger partial charge in [-0.3, -0.25) is 19.6 Å². The van der Waals surface area contributed by atoms with Crippen LogP contribution in [0.5, 0.6) is 0 Å². The van der Waals surface area contributed by atoms with Gasteiger partial charge in [-0.1, -0.05) is 0 Å². The summed E-state index contributed by atoms with van der Waals surface area (Å²) in [5, 5.41) is 21.6. The maximum atomic E-state index is 11.5. The van der Waals surface area contributed by atoms with Crippen LogP contribution in [0.1, 0.15) is 76.6 Å². The number of methoxy groups -OCH3 is 2. The van der Waals surface area contributed by atoms with Gasteiger partial charge in [0.25, 0.3) is 0 Å². The molecule has 4 rings (SSSR count). The molecule has 2 fully saturated rings. The Labute approximate surface area is 253 Å². The summed E-state index contributed by atoms with van der Waals surface area (Å²) in [7, 11) is 2.85. The molecule has 2 saturated carbocycles. The highest BCUT2D eigenvalue weighted by Gasteiger charge is 2.40. The van der Waals surface area contributed by atoms with Gasteiger partial charge < -0.3 is 19.7 Å². The topological polar surface area (TPSA) is 119 Å². The maximum Gasteiger partial charge on any atom is 0.308 e. The standard InChI is InChI=1S/2C15H20BrNO3/c2*1-15(19,13-8-7-12(16)9-17-13)11-5-3-10(4-6-11)14(18)20-2/h2*7-11,19H,3-6H2,1-2H3/t2*10?,11?,15-/m10/s1. The summed E-state index contributed by atoms with van der Waals surface area (Å²) in [6.45, 7) is 3.62. The maximum absolute atomic E-state index is 11.5. The van der Waals surface area contributed by atoms with Gasteiger partial charge in [0.1, 0.15) is 11.2 Å². The van der Waals surface area contributed by atoms with E-state index in [-0.39, 0.29) is 35.6 Å². The molecule has 40 heavy (non-hydrogen) atoms. The summed E-state index contributed by atoms with van der Waals surface area (Å²) in [4.78, 5) is 31.7. The number of aliphatic hydroxyl groups is 2. The van der Waals surface area contributed by atoms with Crippen LogP contribution in [0, 0.1) is 23.7 Å². The zero-order valence-electron chi connectivity index (χ0n) is 23.6. The van der Waals surface area contributed by atoms with E-state index in [1.54, 1.807) is 12.4 Å². The van der Waals surface area contributed by atoms with E-state index in [4.69, 9.17) is 9.47 Å². The van der Waals surface area contributed by atoms with Crippen molar-refractivity contribution < 1.29 is 29.3 Å². The molecule has 2 heterocycles. The Kier molecular flexibility index (Phi) is 11.7. The molecule has 0 saturated heterocycles. The molecule has 8 nitrogen and oxygen atoms in total. The number of esters is 2. The van der Waals surface area contributed by atoms with Gasteiger partial charge in [-0.2, -0.15) is 0 Å². The first kappa shape index (κ1) is 32.6. The fourth-order valence-electron chi connectivity index (χ4n) is 5.88. The predicted octanol–water partition coefficient (Wildman–Crippen LogP) is 6.06. The minimum atomic E-state index is -0.957. The molecule has 2 aliphatic rings. The Hall–Kier alpha value is -1.88. The van der Waals surface area contributed by atoms with E-state index < -0.39 is 11.2 Å². The van der Waals surface area contributed by atoms with Crippen molar-refractivity contribution >= 4 is 43.8 Å². The number of carbonyl (C=O) groups is 2. The summed E-state index contributed by atoms with van der Waals surface area (Å²) in [5.41, 5.74) is -0.548. The van der Waals surface area contributed by atoms with Gasteiger partial charge in [0.2, 0.25) is 0 Å². The van der Waals surface area contributed by atoms with Gasteiger partial charge in [0, 0.05) is 21.3 Å². The van der Waals surface area contributed by atoms with Crippen molar-refractivity contribution in [1.82, 2.24) is 9.97 Å². The van der Waals surface area contributed by atoms with Crippen LogP contribution in [0.25, 0.3) is 0 Å². The largest absolute Gasteiger partial charge is 0.469 e. The van der Waals surface area contributed by atoms with Crippen LogP contribution in [0.4, 0.5) is 0 Å². The molecule has 220 valence electrons. The van der Waals surface area contributed by atoms with Crippen LogP contribution in [-0.4, -0.2) is 46.3 Å². The van der Waals surface area contributed by atoms with Crippen LogP contribution in [0.3, 0.4) is 0 Å². The number of nitrogens with zero attached hydrogens (tertiary/aromatic N) is 2. The number of aromatic nitrogens is 2. The Morgan fingerprint density at radius 3 is 1.27 bits per heavy atom. The molecule has 0 unspecified atom stereocenters. The Morgan fingerprint density at radius 2 is 1.02 bits per heavy atom. The molecule has 0 bridgehead atoms. The summed E-state index contributed by atoms with van der Waals surface area (Å²) >= 11 is 6.69. The molecular weight excluding hydrogens is 644 g/mol. The smallest absolute Gasteiger partial charge is 0.308 e. The number of halogens is 2. The molecule has 2 atom stereocenters. The second-order valence-corrected chi connectivity index (χ2v) is 13.0. The van der Waals surface area contributed by atoms with E-state index in [2.05, 4.69) is 41.8 Å². The highest BCUT2D eigenvalue weighted by molar-refractivity contribution is 9.10. The van der Waals surface area contributed by atoms with E-state index in [0.29, 0.717) is 11.4 Å². The molecule has 2 aromatic heterocycles. The van der Waals surface area contributed by atoms with Crippen LogP contribution < -0.4 is 0 Å². The average molecular weight is 684 g/mol. The number of pyridine rings is 2. The van der Waals surface area contributed by atoms with Crippen LogP contribution in [-0.2, 0) is 30.3 Å². The van der Waals surface area contributed by atoms with E-state index >= 15 is 0 Å². The van der Waals surface area contributed by atoms with Gasteiger partial charge in [0.15, 0.2) is 0 Å². The van der Waals surface area contributed by atoms with Crippen molar-refractivity contribution in [3.8, 4) is 0 Å². The third kappa shape index (κ3) is 8.11. The summed E-state index contributed by atoms with van der Waals surface area (Å²) < 4.78 is 11.4. The zero-order valence-corrected chi connectivity index (χ0v) is 26.8. The summed E-state index contributed by atoms with van der Waals surface area (Å²) in [5.74, 6) is -0.0706. The minimum Gasteiger partial charge on any atom is -0.469 e. The van der Waals surface area contributed by atoms with Crippen molar-refractivity contribution in [3.63, 3.8) is 0 Å². The lowest BCUT2D eigenvalue weighted by Gasteiger charge is -2.37. The van der Waals surface area contributed by atoms with Gasteiger partial charge in [-0.05, 0) is 133 Å². The first-order chi connectivity index (χ1) is 18.9. The fourth-order valence-corrected chi connectivity index (χ4v) is 6.35. The van der Waals surface area contributed by atoms with E-state index in [9.17, 15) is 19.8 Å². The third-order valence-corrected chi connectivity index (χ3v) is 9.54. The predicted molar refractivity (Wildman–Crippen MR) is 158 cm³/mol. The zero-order chi connectivity index (χ0) is 29.5. The van der Waals surface area contributed by atoms with Crippen LogP contribution in [0.2, 0.25) is 0 Å². The minimum absolute atomic E-state index is 0.0232. The highest BCUT2D eigenvalue weighted by atomic mass is 79.9. The average Bonchev–Trinajstić information content (AvgIpc) is 2.97. The van der Waals surface area contributed by atoms with Crippen molar-refractivity contribution in [1.29, 1.82) is 0 Å². The number of hydrogen-bond acceptors (Lipinski definition) is 8. The fraction of sp³-hybridized carbons (Fsp3) is 0.600. The van der Waals surface area contributed by atoms with Crippen molar-refractivity contribution in [3.05, 3.63) is 57.0 Å². The first-order valence-corrected chi connectivity index (χ1v) is 15.3. The number of hydrogen-bond donors (Lipinski definition) is 2. The normalized spacial score (nSPS) is 25.8. The lowest BCUT2D eigenvalue weighted by molar-refractivity contribution is -0.148. The summed E-state index contributed by atoms with van der Waals surface area (Å²) in [6, 6.07) is 7.46. The molecular formula is C30H40Br2N2O6. The lowest BCUT2D eigenvalue weighted by Crippen LogP contribution is -2.36.